The van der Waals surface area contributed by atoms with Gasteiger partial charge in [0, 0.05) is 32.4 Å². The Labute approximate surface area is 153 Å². The minimum absolute atomic E-state index is 0.0787. The van der Waals surface area contributed by atoms with Crippen molar-refractivity contribution in [2.24, 2.45) is 7.05 Å². The fraction of sp³-hybridized carbons (Fsp3) is 0.579. The highest BCUT2D eigenvalue weighted by Crippen LogP contribution is 2.34. The number of anilines is 1. The zero-order valence-corrected chi connectivity index (χ0v) is 15.2. The van der Waals surface area contributed by atoms with Crippen LogP contribution in [0.15, 0.2) is 29.5 Å². The first-order chi connectivity index (χ1) is 12.7. The maximum absolute atomic E-state index is 12.5. The summed E-state index contributed by atoms with van der Waals surface area (Å²) >= 11 is 0. The molecule has 0 aromatic carbocycles. The first-order valence-corrected chi connectivity index (χ1v) is 9.40. The molecule has 3 heterocycles. The molecule has 1 aliphatic carbocycles. The summed E-state index contributed by atoms with van der Waals surface area (Å²) in [5, 5.41) is 0. The van der Waals surface area contributed by atoms with Crippen molar-refractivity contribution >= 4 is 5.95 Å². The van der Waals surface area contributed by atoms with Crippen molar-refractivity contribution in [3.05, 3.63) is 35.0 Å². The van der Waals surface area contributed by atoms with Crippen LogP contribution in [0.1, 0.15) is 38.5 Å². The molecule has 0 atom stereocenters. The Balaban J connectivity index is 1.68. The average molecular weight is 355 g/mol. The standard InChI is InChI=1S/C19H25N5O2/c1-23-17(25)12-16(15-6-9-20-14-21-15)22-18(23)24-10-11-26-19(13-24)7-4-2-3-5-8-19/h6,9,12,14H,2-5,7-8,10-11,13H2,1H3. The van der Waals surface area contributed by atoms with Crippen LogP contribution in [0.5, 0.6) is 0 Å². The first kappa shape index (κ1) is 17.1. The van der Waals surface area contributed by atoms with E-state index in [0.29, 0.717) is 23.9 Å². The van der Waals surface area contributed by atoms with Crippen LogP contribution in [0.4, 0.5) is 5.95 Å². The lowest BCUT2D eigenvalue weighted by Gasteiger charge is -2.43. The molecule has 0 radical (unpaired) electrons. The fourth-order valence-corrected chi connectivity index (χ4v) is 4.07. The van der Waals surface area contributed by atoms with Crippen LogP contribution in [0.25, 0.3) is 11.4 Å². The van der Waals surface area contributed by atoms with Gasteiger partial charge in [-0.2, -0.15) is 0 Å². The van der Waals surface area contributed by atoms with Crippen molar-refractivity contribution in [2.45, 2.75) is 44.1 Å². The van der Waals surface area contributed by atoms with Crippen LogP contribution >= 0.6 is 0 Å². The minimum Gasteiger partial charge on any atom is -0.371 e. The highest BCUT2D eigenvalue weighted by molar-refractivity contribution is 5.55. The van der Waals surface area contributed by atoms with Gasteiger partial charge in [0.15, 0.2) is 0 Å². The quantitative estimate of drug-likeness (QED) is 0.822. The van der Waals surface area contributed by atoms with Crippen LogP contribution in [0.3, 0.4) is 0 Å². The highest BCUT2D eigenvalue weighted by Gasteiger charge is 2.38. The lowest BCUT2D eigenvalue weighted by atomic mass is 9.92. The largest absolute Gasteiger partial charge is 0.371 e. The molecule has 7 heteroatoms. The van der Waals surface area contributed by atoms with Crippen molar-refractivity contribution in [1.82, 2.24) is 19.5 Å². The summed E-state index contributed by atoms with van der Waals surface area (Å²) in [5.41, 5.74) is 1.07. The Morgan fingerprint density at radius 2 is 1.96 bits per heavy atom. The van der Waals surface area contributed by atoms with Gasteiger partial charge in [0.1, 0.15) is 6.33 Å². The van der Waals surface area contributed by atoms with Crippen LogP contribution < -0.4 is 10.5 Å². The van der Waals surface area contributed by atoms with Gasteiger partial charge in [0.05, 0.1) is 23.6 Å². The van der Waals surface area contributed by atoms with Gasteiger partial charge in [0.2, 0.25) is 5.95 Å². The number of hydrogen-bond donors (Lipinski definition) is 0. The molecule has 2 aliphatic rings. The van der Waals surface area contributed by atoms with Gasteiger partial charge in [-0.1, -0.05) is 25.7 Å². The van der Waals surface area contributed by atoms with Gasteiger partial charge >= 0.3 is 0 Å². The molecule has 0 bridgehead atoms. The van der Waals surface area contributed by atoms with Gasteiger partial charge in [-0.15, -0.1) is 0 Å². The highest BCUT2D eigenvalue weighted by atomic mass is 16.5. The van der Waals surface area contributed by atoms with Crippen molar-refractivity contribution in [3.8, 4) is 11.4 Å². The molecule has 4 rings (SSSR count). The number of rotatable bonds is 2. The second-order valence-electron chi connectivity index (χ2n) is 7.30. The molecule has 1 spiro atoms. The third-order valence-corrected chi connectivity index (χ3v) is 5.50. The van der Waals surface area contributed by atoms with Gasteiger partial charge in [-0.25, -0.2) is 15.0 Å². The third-order valence-electron chi connectivity index (χ3n) is 5.50. The summed E-state index contributed by atoms with van der Waals surface area (Å²) < 4.78 is 7.87. The fourth-order valence-electron chi connectivity index (χ4n) is 4.07. The molecule has 2 aromatic heterocycles. The molecule has 2 fully saturated rings. The van der Waals surface area contributed by atoms with E-state index >= 15 is 0 Å². The van der Waals surface area contributed by atoms with Crippen molar-refractivity contribution < 1.29 is 4.74 Å². The number of hydrogen-bond acceptors (Lipinski definition) is 6. The molecule has 2 aromatic rings. The number of nitrogens with zero attached hydrogens (tertiary/aromatic N) is 5. The molecule has 26 heavy (non-hydrogen) atoms. The zero-order valence-electron chi connectivity index (χ0n) is 15.2. The Kier molecular flexibility index (Phi) is 4.72. The number of ether oxygens (including phenoxy) is 1. The van der Waals surface area contributed by atoms with E-state index in [1.54, 1.807) is 23.9 Å². The summed E-state index contributed by atoms with van der Waals surface area (Å²) in [4.78, 5) is 27.7. The van der Waals surface area contributed by atoms with E-state index in [9.17, 15) is 4.79 Å². The lowest BCUT2D eigenvalue weighted by molar-refractivity contribution is -0.0658. The molecule has 0 unspecified atom stereocenters. The lowest BCUT2D eigenvalue weighted by Crippen LogP contribution is -2.53. The Bertz CT molecular complexity index is 812. The molecular formula is C19H25N5O2. The van der Waals surface area contributed by atoms with Crippen molar-refractivity contribution in [2.75, 3.05) is 24.6 Å². The number of morpholine rings is 1. The monoisotopic (exact) mass is 355 g/mol. The molecule has 1 aliphatic heterocycles. The van der Waals surface area contributed by atoms with Gasteiger partial charge in [-0.3, -0.25) is 9.36 Å². The summed E-state index contributed by atoms with van der Waals surface area (Å²) in [6.45, 7) is 2.21. The second-order valence-corrected chi connectivity index (χ2v) is 7.30. The van der Waals surface area contributed by atoms with E-state index < -0.39 is 0 Å². The van der Waals surface area contributed by atoms with Crippen LogP contribution in [0, 0.1) is 0 Å². The van der Waals surface area contributed by atoms with E-state index in [2.05, 4.69) is 14.9 Å². The molecule has 0 amide bonds. The van der Waals surface area contributed by atoms with Gasteiger partial charge < -0.3 is 9.64 Å². The SMILES string of the molecule is Cn1c(N2CCOC3(CCCCCC3)C2)nc(-c2ccncn2)cc1=O. The number of aromatic nitrogens is 4. The van der Waals surface area contributed by atoms with Crippen LogP contribution in [0.2, 0.25) is 0 Å². The van der Waals surface area contributed by atoms with E-state index in [1.165, 1.54) is 38.1 Å². The molecule has 1 saturated heterocycles. The van der Waals surface area contributed by atoms with Crippen molar-refractivity contribution in [3.63, 3.8) is 0 Å². The smallest absolute Gasteiger partial charge is 0.255 e. The molecule has 1 saturated carbocycles. The Morgan fingerprint density at radius 1 is 1.15 bits per heavy atom. The van der Waals surface area contributed by atoms with E-state index in [1.807, 2.05) is 0 Å². The van der Waals surface area contributed by atoms with Crippen molar-refractivity contribution in [1.29, 1.82) is 0 Å². The Morgan fingerprint density at radius 3 is 2.69 bits per heavy atom. The molecule has 138 valence electrons. The van der Waals surface area contributed by atoms with Crippen LogP contribution in [-0.4, -0.2) is 44.8 Å². The van der Waals surface area contributed by atoms with E-state index in [-0.39, 0.29) is 11.2 Å². The summed E-state index contributed by atoms with van der Waals surface area (Å²) in [6.07, 6.45) is 10.3. The summed E-state index contributed by atoms with van der Waals surface area (Å²) in [7, 11) is 1.78. The summed E-state index contributed by atoms with van der Waals surface area (Å²) in [6, 6.07) is 3.31. The molecule has 0 N–H and O–H groups in total. The molecule has 7 nitrogen and oxygen atoms in total. The average Bonchev–Trinajstić information content (AvgIpc) is 2.90. The zero-order chi connectivity index (χ0) is 18.0. The second kappa shape index (κ2) is 7.15. The topological polar surface area (TPSA) is 73.1 Å². The van der Waals surface area contributed by atoms with Crippen LogP contribution in [-0.2, 0) is 11.8 Å². The normalized spacial score (nSPS) is 20.1. The van der Waals surface area contributed by atoms with Gasteiger partial charge in [0.25, 0.3) is 5.56 Å². The maximum Gasteiger partial charge on any atom is 0.255 e. The minimum atomic E-state index is -0.0998. The maximum atomic E-state index is 12.5. The third kappa shape index (κ3) is 3.35. The van der Waals surface area contributed by atoms with E-state index in [0.717, 1.165) is 25.9 Å². The predicted molar refractivity (Wildman–Crippen MR) is 99.1 cm³/mol. The van der Waals surface area contributed by atoms with Gasteiger partial charge in [-0.05, 0) is 18.9 Å². The predicted octanol–water partition coefficient (Wildman–Crippen LogP) is 2.17. The summed E-state index contributed by atoms with van der Waals surface area (Å²) in [5.74, 6) is 0.693. The molecular weight excluding hydrogens is 330 g/mol. The first-order valence-electron chi connectivity index (χ1n) is 9.40. The Hall–Kier alpha value is -2.28. The van der Waals surface area contributed by atoms with E-state index in [4.69, 9.17) is 9.72 Å².